The molecule has 1 heterocycles. The van der Waals surface area contributed by atoms with Gasteiger partial charge in [-0.3, -0.25) is 0 Å². The molecule has 0 radical (unpaired) electrons. The largest absolute Gasteiger partial charge is 0.126 e. The Morgan fingerprint density at radius 2 is 2.00 bits per heavy atom. The minimum absolute atomic E-state index is 0.351. The molecule has 0 saturated carbocycles. The highest BCUT2D eigenvalue weighted by molar-refractivity contribution is 9.10. The molecule has 1 aromatic heterocycles. The topological polar surface area (TPSA) is 0 Å². The smallest absolute Gasteiger partial charge is 0.107 e. The fourth-order valence-electron chi connectivity index (χ4n) is 1.30. The highest BCUT2D eigenvalue weighted by atomic mass is 79.9. The zero-order valence-corrected chi connectivity index (χ0v) is 14.7. The summed E-state index contributed by atoms with van der Waals surface area (Å²) in [6, 6.07) is 2.11. The molecule has 0 N–H and O–H groups in total. The summed E-state index contributed by atoms with van der Waals surface area (Å²) < 4.78 is 1.84. The Kier molecular flexibility index (Phi) is 5.37. The van der Waals surface area contributed by atoms with Crippen molar-refractivity contribution < 1.29 is 0 Å². The number of rotatable bonds is 3. The van der Waals surface area contributed by atoms with Crippen LogP contribution in [0.5, 0.6) is 0 Å². The molecule has 1 aromatic rings. The van der Waals surface area contributed by atoms with Crippen LogP contribution in [0, 0.1) is 11.3 Å². The van der Waals surface area contributed by atoms with Gasteiger partial charge in [-0.25, -0.2) is 0 Å². The normalized spacial score (nSPS) is 16.2. The Morgan fingerprint density at radius 3 is 2.38 bits per heavy atom. The van der Waals surface area contributed by atoms with Gasteiger partial charge in [0.2, 0.25) is 0 Å². The van der Waals surface area contributed by atoms with Crippen molar-refractivity contribution in [3.05, 3.63) is 19.8 Å². The number of hydrogen-bond donors (Lipinski definition) is 0. The van der Waals surface area contributed by atoms with Gasteiger partial charge in [0.25, 0.3) is 0 Å². The first-order valence-corrected chi connectivity index (χ1v) is 8.21. The average Bonchev–Trinajstić information content (AvgIpc) is 2.45. The van der Waals surface area contributed by atoms with Crippen molar-refractivity contribution in [2.75, 3.05) is 0 Å². The lowest BCUT2D eigenvalue weighted by molar-refractivity contribution is 0.247. The monoisotopic (exact) mass is 386 g/mol. The van der Waals surface area contributed by atoms with E-state index in [9.17, 15) is 0 Å². The van der Waals surface area contributed by atoms with Gasteiger partial charge in [0.15, 0.2) is 0 Å². The van der Waals surface area contributed by atoms with E-state index in [0.717, 1.165) is 15.2 Å². The zero-order valence-electron chi connectivity index (χ0n) is 9.98. The number of hydrogen-bond acceptors (Lipinski definition) is 1. The maximum Gasteiger partial charge on any atom is 0.107 e. The van der Waals surface area contributed by atoms with Gasteiger partial charge in [0.05, 0.1) is 0 Å². The van der Waals surface area contributed by atoms with Crippen LogP contribution in [0.15, 0.2) is 10.5 Å². The Bertz CT molecular complexity index is 335. The average molecular weight is 389 g/mol. The Balaban J connectivity index is 2.69. The first-order valence-electron chi connectivity index (χ1n) is 5.30. The van der Waals surface area contributed by atoms with Crippen molar-refractivity contribution >= 4 is 54.8 Å². The van der Waals surface area contributed by atoms with Crippen molar-refractivity contribution in [2.45, 2.75) is 38.9 Å². The molecule has 0 amide bonds. The lowest BCUT2D eigenvalue weighted by Crippen LogP contribution is -2.18. The number of alkyl halides is 1. The molecule has 0 saturated heterocycles. The highest BCUT2D eigenvalue weighted by Gasteiger charge is 2.24. The molecule has 92 valence electrons. The minimum atomic E-state index is 0.351. The molecule has 4 heteroatoms. The van der Waals surface area contributed by atoms with E-state index < -0.39 is 0 Å². The van der Waals surface area contributed by atoms with Crippen molar-refractivity contribution in [1.29, 1.82) is 0 Å². The summed E-state index contributed by atoms with van der Waals surface area (Å²) in [4.78, 5) is 1.70. The molecule has 0 aliphatic heterocycles. The Labute approximate surface area is 124 Å². The third-order valence-electron chi connectivity index (χ3n) is 3.01. The predicted molar refractivity (Wildman–Crippen MR) is 81.9 cm³/mol. The van der Waals surface area contributed by atoms with Gasteiger partial charge in [-0.2, -0.15) is 0 Å². The summed E-state index contributed by atoms with van der Waals surface area (Å²) in [7, 11) is 0. The zero-order chi connectivity index (χ0) is 12.5. The maximum absolute atomic E-state index is 6.05. The lowest BCUT2D eigenvalue weighted by Gasteiger charge is -2.28. The van der Waals surface area contributed by atoms with Crippen molar-refractivity contribution in [3.63, 3.8) is 0 Å². The van der Waals surface area contributed by atoms with Gasteiger partial charge in [0, 0.05) is 14.2 Å². The summed E-state index contributed by atoms with van der Waals surface area (Å²) >= 11 is 14.9. The molecule has 1 rings (SSSR count). The molecule has 0 spiro atoms. The molecule has 2 atom stereocenters. The van der Waals surface area contributed by atoms with Crippen molar-refractivity contribution in [3.8, 4) is 0 Å². The summed E-state index contributed by atoms with van der Waals surface area (Å²) in [6.45, 7) is 9.16. The van der Waals surface area contributed by atoms with Crippen LogP contribution in [0.1, 0.15) is 43.8 Å². The third kappa shape index (κ3) is 4.01. The quantitative estimate of drug-likeness (QED) is 0.507. The second-order valence-electron chi connectivity index (χ2n) is 5.24. The van der Waals surface area contributed by atoms with Gasteiger partial charge in [-0.1, -0.05) is 55.2 Å². The van der Waals surface area contributed by atoms with E-state index in [1.165, 1.54) is 4.88 Å². The van der Waals surface area contributed by atoms with Crippen LogP contribution in [0.2, 0.25) is 4.34 Å². The summed E-state index contributed by atoms with van der Waals surface area (Å²) in [5.74, 6) is 0.663. The van der Waals surface area contributed by atoms with Gasteiger partial charge < -0.3 is 0 Å². The molecule has 2 unspecified atom stereocenters. The minimum Gasteiger partial charge on any atom is -0.126 e. The van der Waals surface area contributed by atoms with Crippen LogP contribution in [-0.2, 0) is 0 Å². The fraction of sp³-hybridized carbons (Fsp3) is 0.667. The SMILES string of the molecule is CC(CC(Br)c1cc(Br)c(Cl)s1)C(C)(C)C. The molecule has 16 heavy (non-hydrogen) atoms. The van der Waals surface area contributed by atoms with Crippen LogP contribution in [0.3, 0.4) is 0 Å². The number of thiophene rings is 1. The van der Waals surface area contributed by atoms with E-state index >= 15 is 0 Å². The first kappa shape index (κ1) is 15.0. The van der Waals surface area contributed by atoms with E-state index in [1.54, 1.807) is 11.3 Å². The van der Waals surface area contributed by atoms with Crippen LogP contribution in [0.25, 0.3) is 0 Å². The molecule has 0 aliphatic carbocycles. The Morgan fingerprint density at radius 1 is 1.44 bits per heavy atom. The second kappa shape index (κ2) is 5.73. The standard InChI is InChI=1S/C12H17Br2ClS/c1-7(12(2,3)4)5-8(13)10-6-9(14)11(15)16-10/h6-8H,5H2,1-4H3. The van der Waals surface area contributed by atoms with E-state index in [1.807, 2.05) is 0 Å². The highest BCUT2D eigenvalue weighted by Crippen LogP contribution is 2.43. The van der Waals surface area contributed by atoms with Gasteiger partial charge in [-0.15, -0.1) is 11.3 Å². The van der Waals surface area contributed by atoms with Crippen LogP contribution in [0.4, 0.5) is 0 Å². The molecule has 0 aromatic carbocycles. The molecule has 0 nitrogen and oxygen atoms in total. The van der Waals surface area contributed by atoms with Crippen molar-refractivity contribution in [1.82, 2.24) is 0 Å². The van der Waals surface area contributed by atoms with Gasteiger partial charge in [0.1, 0.15) is 4.34 Å². The van der Waals surface area contributed by atoms with Crippen LogP contribution < -0.4 is 0 Å². The van der Waals surface area contributed by atoms with E-state index in [2.05, 4.69) is 65.6 Å². The molecule has 0 bridgehead atoms. The van der Waals surface area contributed by atoms with E-state index in [0.29, 0.717) is 16.2 Å². The first-order chi connectivity index (χ1) is 7.21. The van der Waals surface area contributed by atoms with Gasteiger partial charge in [-0.05, 0) is 39.8 Å². The predicted octanol–water partition coefficient (Wildman–Crippen LogP) is 6.67. The molecular weight excluding hydrogens is 371 g/mol. The van der Waals surface area contributed by atoms with Crippen LogP contribution in [-0.4, -0.2) is 0 Å². The lowest BCUT2D eigenvalue weighted by atomic mass is 9.79. The second-order valence-corrected chi connectivity index (χ2v) is 8.89. The molecular formula is C12H17Br2ClS. The van der Waals surface area contributed by atoms with E-state index in [4.69, 9.17) is 11.6 Å². The maximum atomic E-state index is 6.05. The van der Waals surface area contributed by atoms with E-state index in [-0.39, 0.29) is 0 Å². The summed E-state index contributed by atoms with van der Waals surface area (Å²) in [5.41, 5.74) is 0.351. The summed E-state index contributed by atoms with van der Waals surface area (Å²) in [5, 5.41) is 0. The van der Waals surface area contributed by atoms with Gasteiger partial charge >= 0.3 is 0 Å². The molecule has 0 aliphatic rings. The molecule has 0 fully saturated rings. The third-order valence-corrected chi connectivity index (χ3v) is 6.77. The Hall–Kier alpha value is 0.950. The van der Waals surface area contributed by atoms with Crippen LogP contribution >= 0.6 is 54.8 Å². The summed E-state index contributed by atoms with van der Waals surface area (Å²) in [6.07, 6.45) is 1.13. The van der Waals surface area contributed by atoms with Crippen molar-refractivity contribution in [2.24, 2.45) is 11.3 Å². The fourth-order valence-corrected chi connectivity index (χ4v) is 4.00. The number of halogens is 3.